The Kier molecular flexibility index (Phi) is 6.30. The number of benzene rings is 2. The highest BCUT2D eigenvalue weighted by Gasteiger charge is 2.34. The maximum absolute atomic E-state index is 6.22. The monoisotopic (exact) mass is 518 g/mol. The molecule has 3 aromatic rings. The van der Waals surface area contributed by atoms with Gasteiger partial charge in [-0.1, -0.05) is 0 Å². The third-order valence-corrected chi connectivity index (χ3v) is 5.74. The summed E-state index contributed by atoms with van der Waals surface area (Å²) in [6.45, 7) is 7.68. The van der Waals surface area contributed by atoms with Gasteiger partial charge in [0.05, 0.1) is 0 Å². The first-order valence-corrected chi connectivity index (χ1v) is 10.4. The van der Waals surface area contributed by atoms with Crippen LogP contribution in [0.2, 0.25) is 0 Å². The highest BCUT2D eigenvalue weighted by atomic mass is 35.5. The van der Waals surface area contributed by atoms with Crippen molar-refractivity contribution < 1.29 is 4.42 Å². The molecule has 0 amide bonds. The van der Waals surface area contributed by atoms with Crippen LogP contribution >= 0.6 is 24.8 Å². The molecule has 35 heavy (non-hydrogen) atoms. The van der Waals surface area contributed by atoms with Gasteiger partial charge in [0.1, 0.15) is 22.5 Å². The zero-order valence-corrected chi connectivity index (χ0v) is 21.3. The molecule has 186 valence electrons. The number of aliphatic imine (C=N–C) groups is 4. The first-order valence-electron chi connectivity index (χ1n) is 10.4. The topological polar surface area (TPSA) is 173 Å². The van der Waals surface area contributed by atoms with Crippen molar-refractivity contribution in [2.24, 2.45) is 42.9 Å². The standard InChI is InChI=1S/C22H26N10O.2ClH/c1-21(2)29-17(23)27-19(25)31(21)11-5-7-15-13(9-11)14-10-12(6-8-16(14)33-15)32-20(26)28-18(24)30-22(32,3)4;;/h5-10H,1-4H3,(H4,23,25,27,29)(H4,24,26,28,30);2*1H. The van der Waals surface area contributed by atoms with Gasteiger partial charge >= 0.3 is 0 Å². The molecule has 5 rings (SSSR count). The molecule has 0 aliphatic carbocycles. The summed E-state index contributed by atoms with van der Waals surface area (Å²) >= 11 is 0. The second-order valence-electron chi connectivity index (χ2n) is 9.00. The van der Waals surface area contributed by atoms with Gasteiger partial charge in [-0.05, 0) is 64.1 Å². The molecule has 0 saturated heterocycles. The zero-order chi connectivity index (χ0) is 23.7. The van der Waals surface area contributed by atoms with Gasteiger partial charge in [0.2, 0.25) is 23.8 Å². The molecule has 0 bridgehead atoms. The summed E-state index contributed by atoms with van der Waals surface area (Å²) in [6, 6.07) is 11.6. The van der Waals surface area contributed by atoms with E-state index in [2.05, 4.69) is 20.0 Å². The van der Waals surface area contributed by atoms with E-state index in [9.17, 15) is 0 Å². The Balaban J connectivity index is 0.00000171. The van der Waals surface area contributed by atoms with E-state index in [1.807, 2.05) is 73.9 Å². The van der Waals surface area contributed by atoms with Crippen LogP contribution in [0.4, 0.5) is 11.4 Å². The van der Waals surface area contributed by atoms with Crippen molar-refractivity contribution in [1.82, 2.24) is 0 Å². The molecule has 11 nitrogen and oxygen atoms in total. The molecule has 2 aliphatic rings. The summed E-state index contributed by atoms with van der Waals surface area (Å²) in [7, 11) is 0. The van der Waals surface area contributed by atoms with Gasteiger partial charge in [0.15, 0.2) is 0 Å². The predicted molar refractivity (Wildman–Crippen MR) is 148 cm³/mol. The van der Waals surface area contributed by atoms with Crippen molar-refractivity contribution in [2.45, 2.75) is 39.0 Å². The van der Waals surface area contributed by atoms with Crippen LogP contribution < -0.4 is 32.7 Å². The predicted octanol–water partition coefficient (Wildman–Crippen LogP) is 2.80. The molecule has 2 aromatic carbocycles. The van der Waals surface area contributed by atoms with Gasteiger partial charge in [0, 0.05) is 22.1 Å². The van der Waals surface area contributed by atoms with E-state index in [4.69, 9.17) is 27.4 Å². The number of fused-ring (bicyclic) bond motifs is 3. The minimum atomic E-state index is -0.699. The van der Waals surface area contributed by atoms with Crippen molar-refractivity contribution in [1.29, 1.82) is 0 Å². The number of furan rings is 1. The highest BCUT2D eigenvalue weighted by Crippen LogP contribution is 2.37. The first kappa shape index (κ1) is 25.9. The fraction of sp³-hybridized carbons (Fsp3) is 0.273. The molecule has 0 saturated carbocycles. The minimum absolute atomic E-state index is 0. The summed E-state index contributed by atoms with van der Waals surface area (Å²) < 4.78 is 6.07. The minimum Gasteiger partial charge on any atom is -0.456 e. The van der Waals surface area contributed by atoms with Crippen LogP contribution in [-0.2, 0) is 0 Å². The molecule has 13 heteroatoms. The molecule has 2 aliphatic heterocycles. The highest BCUT2D eigenvalue weighted by molar-refractivity contribution is 6.12. The third kappa shape index (κ3) is 4.17. The van der Waals surface area contributed by atoms with Crippen molar-refractivity contribution in [3.05, 3.63) is 36.4 Å². The van der Waals surface area contributed by atoms with Crippen molar-refractivity contribution in [2.75, 3.05) is 9.80 Å². The average molecular weight is 519 g/mol. The molecular weight excluding hydrogens is 491 g/mol. The average Bonchev–Trinajstić information content (AvgIpc) is 3.02. The van der Waals surface area contributed by atoms with Crippen LogP contribution in [0.1, 0.15) is 27.7 Å². The lowest BCUT2D eigenvalue weighted by Gasteiger charge is -2.38. The van der Waals surface area contributed by atoms with Gasteiger partial charge in [-0.25, -0.2) is 9.98 Å². The quantitative estimate of drug-likeness (QED) is 0.403. The maximum atomic E-state index is 6.22. The molecule has 0 spiro atoms. The second-order valence-corrected chi connectivity index (χ2v) is 9.00. The Hall–Kier alpha value is -3.70. The fourth-order valence-corrected chi connectivity index (χ4v) is 4.53. The van der Waals surface area contributed by atoms with Crippen molar-refractivity contribution >= 4 is 82.0 Å². The van der Waals surface area contributed by atoms with E-state index in [1.54, 1.807) is 0 Å². The number of nitrogens with zero attached hydrogens (tertiary/aromatic N) is 6. The number of hydrogen-bond acceptors (Lipinski definition) is 11. The first-order chi connectivity index (χ1) is 15.5. The maximum Gasteiger partial charge on any atom is 0.220 e. The van der Waals surface area contributed by atoms with Crippen LogP contribution in [0.3, 0.4) is 0 Å². The summed E-state index contributed by atoms with van der Waals surface area (Å²) in [5.74, 6) is 0.851. The van der Waals surface area contributed by atoms with E-state index < -0.39 is 11.3 Å². The molecular formula is C22H28Cl2N10O. The van der Waals surface area contributed by atoms with Gasteiger partial charge in [-0.3, -0.25) is 9.80 Å². The molecule has 0 radical (unpaired) electrons. The van der Waals surface area contributed by atoms with E-state index in [0.29, 0.717) is 0 Å². The van der Waals surface area contributed by atoms with E-state index in [1.165, 1.54) is 0 Å². The normalized spacial score (nSPS) is 18.7. The number of halogens is 2. The Morgan fingerprint density at radius 2 is 1.03 bits per heavy atom. The van der Waals surface area contributed by atoms with E-state index in [-0.39, 0.29) is 48.7 Å². The summed E-state index contributed by atoms with van der Waals surface area (Å²) in [4.78, 5) is 20.8. The number of anilines is 2. The van der Waals surface area contributed by atoms with Crippen molar-refractivity contribution in [3.8, 4) is 0 Å². The van der Waals surface area contributed by atoms with E-state index >= 15 is 0 Å². The summed E-state index contributed by atoms with van der Waals surface area (Å²) in [6.07, 6.45) is 0. The lowest BCUT2D eigenvalue weighted by atomic mass is 10.1. The van der Waals surface area contributed by atoms with Gasteiger partial charge in [0.25, 0.3) is 0 Å². The smallest absolute Gasteiger partial charge is 0.220 e. The van der Waals surface area contributed by atoms with Crippen molar-refractivity contribution in [3.63, 3.8) is 0 Å². The molecule has 0 fully saturated rings. The van der Waals surface area contributed by atoms with Crippen LogP contribution in [0, 0.1) is 0 Å². The van der Waals surface area contributed by atoms with Gasteiger partial charge < -0.3 is 27.4 Å². The second kappa shape index (κ2) is 8.51. The van der Waals surface area contributed by atoms with Crippen LogP contribution in [0.15, 0.2) is 60.8 Å². The van der Waals surface area contributed by atoms with Gasteiger partial charge in [-0.15, -0.1) is 24.8 Å². The number of rotatable bonds is 2. The number of guanidine groups is 4. The fourth-order valence-electron chi connectivity index (χ4n) is 4.53. The molecule has 1 aromatic heterocycles. The zero-order valence-electron chi connectivity index (χ0n) is 19.7. The Morgan fingerprint density at radius 1 is 0.657 bits per heavy atom. The SMILES string of the molecule is CC1(C)N=C(N)N=C(N)N1c1ccc2oc3ccc(N4C(N)=NC(N)=NC4(C)C)cc3c2c1.Cl.Cl. The van der Waals surface area contributed by atoms with Crippen LogP contribution in [-0.4, -0.2) is 35.2 Å². The lowest BCUT2D eigenvalue weighted by molar-refractivity contribution is 0.533. The number of nitrogens with two attached hydrogens (primary N) is 4. The Morgan fingerprint density at radius 3 is 1.37 bits per heavy atom. The summed E-state index contributed by atoms with van der Waals surface area (Å²) in [5, 5.41) is 1.81. The molecule has 0 atom stereocenters. The largest absolute Gasteiger partial charge is 0.456 e. The van der Waals surface area contributed by atoms with E-state index in [0.717, 1.165) is 33.3 Å². The third-order valence-electron chi connectivity index (χ3n) is 5.74. The van der Waals surface area contributed by atoms with Gasteiger partial charge in [-0.2, -0.15) is 9.98 Å². The molecule has 8 N–H and O–H groups in total. The summed E-state index contributed by atoms with van der Waals surface area (Å²) in [5.41, 5.74) is 25.8. The van der Waals surface area contributed by atoms with Crippen LogP contribution in [0.5, 0.6) is 0 Å². The molecule has 3 heterocycles. The Labute approximate surface area is 214 Å². The number of hydrogen-bond donors (Lipinski definition) is 4. The Bertz CT molecular complexity index is 1330. The molecule has 0 unspecified atom stereocenters. The lowest BCUT2D eigenvalue weighted by Crippen LogP contribution is -2.54. The van der Waals surface area contributed by atoms with Crippen LogP contribution in [0.25, 0.3) is 21.9 Å².